The van der Waals surface area contributed by atoms with Crippen LogP contribution in [0.1, 0.15) is 11.3 Å². The van der Waals surface area contributed by atoms with Gasteiger partial charge in [-0.25, -0.2) is 4.79 Å². The molecule has 0 fully saturated rings. The molecule has 1 aromatic carbocycles. The average Bonchev–Trinajstić information content (AvgIpc) is 2.91. The first-order valence-electron chi connectivity index (χ1n) is 6.85. The van der Waals surface area contributed by atoms with Gasteiger partial charge in [0.2, 0.25) is 0 Å². The van der Waals surface area contributed by atoms with E-state index in [1.165, 1.54) is 0 Å². The van der Waals surface area contributed by atoms with Crippen molar-refractivity contribution >= 4 is 6.03 Å². The van der Waals surface area contributed by atoms with E-state index in [4.69, 9.17) is 0 Å². The summed E-state index contributed by atoms with van der Waals surface area (Å²) in [7, 11) is 1.85. The molecule has 1 heterocycles. The van der Waals surface area contributed by atoms with E-state index in [1.54, 1.807) is 21.9 Å². The number of urea groups is 1. The number of hydrogen-bond donors (Lipinski definition) is 1. The first kappa shape index (κ1) is 14.8. The van der Waals surface area contributed by atoms with Gasteiger partial charge < -0.3 is 10.2 Å². The fraction of sp³-hybridized carbons (Fsp3) is 0.250. The second-order valence-electron chi connectivity index (χ2n) is 4.76. The summed E-state index contributed by atoms with van der Waals surface area (Å²) < 4.78 is 1.75. The third kappa shape index (κ3) is 4.21. The van der Waals surface area contributed by atoms with Crippen molar-refractivity contribution in [1.29, 1.82) is 0 Å². The standard InChI is InChI=1S/C16H20N4O/c1-3-11-20(13-14-7-5-4-6-8-14)16(21)17-12-15-9-10-18-19(15)2/h3-10H,1,11-13H2,2H3,(H,17,21). The van der Waals surface area contributed by atoms with Crippen LogP contribution in [0.5, 0.6) is 0 Å². The summed E-state index contributed by atoms with van der Waals surface area (Å²) in [5.74, 6) is 0. The lowest BCUT2D eigenvalue weighted by atomic mass is 10.2. The molecular weight excluding hydrogens is 264 g/mol. The quantitative estimate of drug-likeness (QED) is 0.828. The average molecular weight is 284 g/mol. The van der Waals surface area contributed by atoms with Crippen molar-refractivity contribution in [1.82, 2.24) is 20.0 Å². The van der Waals surface area contributed by atoms with Crippen LogP contribution in [0, 0.1) is 0 Å². The zero-order chi connectivity index (χ0) is 15.1. The molecule has 110 valence electrons. The molecule has 1 N–H and O–H groups in total. The lowest BCUT2D eigenvalue weighted by Crippen LogP contribution is -2.39. The van der Waals surface area contributed by atoms with E-state index >= 15 is 0 Å². The lowest BCUT2D eigenvalue weighted by Gasteiger charge is -2.21. The van der Waals surface area contributed by atoms with Gasteiger partial charge in [0.05, 0.1) is 12.2 Å². The summed E-state index contributed by atoms with van der Waals surface area (Å²) in [5.41, 5.74) is 2.05. The number of nitrogens with one attached hydrogen (secondary N) is 1. The Balaban J connectivity index is 1.95. The molecule has 21 heavy (non-hydrogen) atoms. The molecule has 0 spiro atoms. The maximum absolute atomic E-state index is 12.3. The van der Waals surface area contributed by atoms with Crippen LogP contribution in [-0.4, -0.2) is 27.3 Å². The van der Waals surface area contributed by atoms with Gasteiger partial charge >= 0.3 is 6.03 Å². The predicted octanol–water partition coefficient (Wildman–Crippen LogP) is 2.32. The number of benzene rings is 1. The first-order valence-corrected chi connectivity index (χ1v) is 6.85. The van der Waals surface area contributed by atoms with Crippen molar-refractivity contribution in [2.24, 2.45) is 7.05 Å². The van der Waals surface area contributed by atoms with Gasteiger partial charge in [0.15, 0.2) is 0 Å². The molecule has 0 bridgehead atoms. The molecule has 0 aliphatic heterocycles. The van der Waals surface area contributed by atoms with Gasteiger partial charge in [-0.05, 0) is 11.6 Å². The highest BCUT2D eigenvalue weighted by molar-refractivity contribution is 5.74. The number of nitrogens with zero attached hydrogens (tertiary/aromatic N) is 3. The monoisotopic (exact) mass is 284 g/mol. The van der Waals surface area contributed by atoms with Crippen LogP contribution in [0.4, 0.5) is 4.79 Å². The first-order chi connectivity index (χ1) is 10.2. The smallest absolute Gasteiger partial charge is 0.318 e. The van der Waals surface area contributed by atoms with E-state index in [1.807, 2.05) is 43.4 Å². The third-order valence-electron chi connectivity index (χ3n) is 3.20. The van der Waals surface area contributed by atoms with E-state index in [2.05, 4.69) is 17.0 Å². The molecule has 5 nitrogen and oxygen atoms in total. The molecular formula is C16H20N4O. The lowest BCUT2D eigenvalue weighted by molar-refractivity contribution is 0.200. The highest BCUT2D eigenvalue weighted by Crippen LogP contribution is 2.05. The van der Waals surface area contributed by atoms with Gasteiger partial charge in [0.1, 0.15) is 0 Å². The van der Waals surface area contributed by atoms with Crippen molar-refractivity contribution < 1.29 is 4.79 Å². The summed E-state index contributed by atoms with van der Waals surface area (Å²) in [6, 6.07) is 11.7. The second kappa shape index (κ2) is 7.28. The Hall–Kier alpha value is -2.56. The highest BCUT2D eigenvalue weighted by Gasteiger charge is 2.12. The molecule has 0 saturated heterocycles. The molecule has 2 rings (SSSR count). The summed E-state index contributed by atoms with van der Waals surface area (Å²) in [4.78, 5) is 14.0. The van der Waals surface area contributed by atoms with Crippen LogP contribution in [0.2, 0.25) is 0 Å². The van der Waals surface area contributed by atoms with Crippen molar-refractivity contribution in [2.45, 2.75) is 13.1 Å². The normalized spacial score (nSPS) is 10.1. The predicted molar refractivity (Wildman–Crippen MR) is 82.5 cm³/mol. The van der Waals surface area contributed by atoms with Crippen molar-refractivity contribution in [3.05, 3.63) is 66.5 Å². The van der Waals surface area contributed by atoms with Crippen LogP contribution >= 0.6 is 0 Å². The SMILES string of the molecule is C=CCN(Cc1ccccc1)C(=O)NCc1ccnn1C. The van der Waals surface area contributed by atoms with E-state index in [0.29, 0.717) is 19.6 Å². The van der Waals surface area contributed by atoms with Gasteiger partial charge in [0, 0.05) is 26.3 Å². The summed E-state index contributed by atoms with van der Waals surface area (Å²) in [5, 5.41) is 6.99. The van der Waals surface area contributed by atoms with Gasteiger partial charge in [0.25, 0.3) is 0 Å². The zero-order valence-electron chi connectivity index (χ0n) is 12.2. The minimum Gasteiger partial charge on any atom is -0.332 e. The Morgan fingerprint density at radius 1 is 1.38 bits per heavy atom. The minimum absolute atomic E-state index is 0.111. The number of rotatable bonds is 6. The molecule has 1 aromatic heterocycles. The Bertz CT molecular complexity index is 591. The second-order valence-corrected chi connectivity index (χ2v) is 4.76. The Morgan fingerprint density at radius 3 is 2.76 bits per heavy atom. The molecule has 0 saturated carbocycles. The zero-order valence-corrected chi connectivity index (χ0v) is 12.2. The summed E-state index contributed by atoms with van der Waals surface area (Å²) >= 11 is 0. The molecule has 0 aliphatic rings. The highest BCUT2D eigenvalue weighted by atomic mass is 16.2. The van der Waals surface area contributed by atoms with Crippen LogP contribution < -0.4 is 5.32 Å². The van der Waals surface area contributed by atoms with Gasteiger partial charge in [-0.1, -0.05) is 36.4 Å². The topological polar surface area (TPSA) is 50.2 Å². The van der Waals surface area contributed by atoms with Gasteiger partial charge in [-0.2, -0.15) is 5.10 Å². The van der Waals surface area contributed by atoms with E-state index in [9.17, 15) is 4.79 Å². The number of carbonyl (C=O) groups excluding carboxylic acids is 1. The Labute approximate surface area is 124 Å². The van der Waals surface area contributed by atoms with Crippen LogP contribution in [0.25, 0.3) is 0 Å². The van der Waals surface area contributed by atoms with Crippen LogP contribution in [0.15, 0.2) is 55.3 Å². The van der Waals surface area contributed by atoms with E-state index in [-0.39, 0.29) is 6.03 Å². The van der Waals surface area contributed by atoms with Gasteiger partial charge in [-0.3, -0.25) is 4.68 Å². The Kier molecular flexibility index (Phi) is 5.15. The van der Waals surface area contributed by atoms with Crippen LogP contribution in [-0.2, 0) is 20.1 Å². The fourth-order valence-corrected chi connectivity index (χ4v) is 2.03. The summed E-state index contributed by atoms with van der Waals surface area (Å²) in [6.45, 7) is 5.23. The minimum atomic E-state index is -0.111. The van der Waals surface area contributed by atoms with Gasteiger partial charge in [-0.15, -0.1) is 6.58 Å². The molecule has 5 heteroatoms. The molecule has 0 radical (unpaired) electrons. The molecule has 0 unspecified atom stereocenters. The number of hydrogen-bond acceptors (Lipinski definition) is 2. The number of amides is 2. The van der Waals surface area contributed by atoms with Crippen LogP contribution in [0.3, 0.4) is 0 Å². The third-order valence-corrected chi connectivity index (χ3v) is 3.20. The van der Waals surface area contributed by atoms with Crippen molar-refractivity contribution in [3.8, 4) is 0 Å². The van der Waals surface area contributed by atoms with E-state index < -0.39 is 0 Å². The molecule has 2 amide bonds. The molecule has 0 aliphatic carbocycles. The number of aromatic nitrogens is 2. The summed E-state index contributed by atoms with van der Waals surface area (Å²) in [6.07, 6.45) is 3.44. The fourth-order valence-electron chi connectivity index (χ4n) is 2.03. The maximum atomic E-state index is 12.3. The largest absolute Gasteiger partial charge is 0.332 e. The Morgan fingerprint density at radius 2 is 2.14 bits per heavy atom. The maximum Gasteiger partial charge on any atom is 0.318 e. The van der Waals surface area contributed by atoms with E-state index in [0.717, 1.165) is 11.3 Å². The molecule has 2 aromatic rings. The van der Waals surface area contributed by atoms with Crippen molar-refractivity contribution in [2.75, 3.05) is 6.54 Å². The number of carbonyl (C=O) groups is 1. The van der Waals surface area contributed by atoms with Crippen molar-refractivity contribution in [3.63, 3.8) is 0 Å². The molecule has 0 atom stereocenters. The number of aryl methyl sites for hydroxylation is 1.